The molecular formula is C16H21FN2. The van der Waals surface area contributed by atoms with Crippen molar-refractivity contribution >= 4 is 5.69 Å². The molecule has 0 saturated heterocycles. The third-order valence-corrected chi connectivity index (χ3v) is 4.27. The average Bonchev–Trinajstić information content (AvgIpc) is 2.42. The van der Waals surface area contributed by atoms with Crippen molar-refractivity contribution in [2.75, 3.05) is 5.32 Å². The van der Waals surface area contributed by atoms with E-state index in [1.165, 1.54) is 12.1 Å². The van der Waals surface area contributed by atoms with E-state index in [4.69, 9.17) is 0 Å². The first kappa shape index (κ1) is 13.9. The molecule has 0 radical (unpaired) electrons. The lowest BCUT2D eigenvalue weighted by atomic mass is 9.73. The van der Waals surface area contributed by atoms with E-state index in [2.05, 4.69) is 25.2 Å². The molecule has 0 aromatic heterocycles. The molecule has 1 N–H and O–H groups in total. The van der Waals surface area contributed by atoms with E-state index in [1.807, 2.05) is 0 Å². The smallest absolute Gasteiger partial charge is 0.125 e. The van der Waals surface area contributed by atoms with Gasteiger partial charge in [-0.1, -0.05) is 13.8 Å². The largest absolute Gasteiger partial charge is 0.367 e. The Balaban J connectivity index is 2.05. The van der Waals surface area contributed by atoms with E-state index in [9.17, 15) is 9.65 Å². The van der Waals surface area contributed by atoms with Gasteiger partial charge in [0.05, 0.1) is 6.07 Å². The molecule has 0 spiro atoms. The predicted molar refractivity (Wildman–Crippen MR) is 75.2 cm³/mol. The summed E-state index contributed by atoms with van der Waals surface area (Å²) in [5.74, 6) is 1.15. The van der Waals surface area contributed by atoms with Gasteiger partial charge in [-0.25, -0.2) is 4.39 Å². The van der Waals surface area contributed by atoms with Crippen molar-refractivity contribution in [3.63, 3.8) is 0 Å². The number of rotatable bonds is 3. The van der Waals surface area contributed by atoms with Crippen LogP contribution in [0.5, 0.6) is 0 Å². The van der Waals surface area contributed by atoms with Gasteiger partial charge >= 0.3 is 0 Å². The van der Waals surface area contributed by atoms with Crippen molar-refractivity contribution < 1.29 is 4.39 Å². The van der Waals surface area contributed by atoms with Gasteiger partial charge in [0, 0.05) is 5.69 Å². The van der Waals surface area contributed by atoms with Crippen LogP contribution in [0.15, 0.2) is 24.3 Å². The first-order chi connectivity index (χ1) is 9.04. The van der Waals surface area contributed by atoms with E-state index in [0.29, 0.717) is 5.92 Å². The lowest BCUT2D eigenvalue weighted by Crippen LogP contribution is -2.41. The summed E-state index contributed by atoms with van der Waals surface area (Å²) in [4.78, 5) is 0. The van der Waals surface area contributed by atoms with E-state index in [0.717, 1.165) is 37.3 Å². The highest BCUT2D eigenvalue weighted by Crippen LogP contribution is 2.37. The van der Waals surface area contributed by atoms with Gasteiger partial charge in [-0.05, 0) is 61.8 Å². The van der Waals surface area contributed by atoms with E-state index in [1.54, 1.807) is 12.1 Å². The maximum atomic E-state index is 12.9. The minimum absolute atomic E-state index is 0.250. The van der Waals surface area contributed by atoms with Crippen molar-refractivity contribution in [3.8, 4) is 6.07 Å². The van der Waals surface area contributed by atoms with E-state index in [-0.39, 0.29) is 5.82 Å². The van der Waals surface area contributed by atoms with Gasteiger partial charge in [0.1, 0.15) is 11.4 Å². The topological polar surface area (TPSA) is 35.8 Å². The van der Waals surface area contributed by atoms with Crippen molar-refractivity contribution in [1.82, 2.24) is 0 Å². The van der Waals surface area contributed by atoms with Crippen molar-refractivity contribution in [2.24, 2.45) is 11.8 Å². The van der Waals surface area contributed by atoms with Gasteiger partial charge in [0.2, 0.25) is 0 Å². The maximum Gasteiger partial charge on any atom is 0.125 e. The first-order valence-electron chi connectivity index (χ1n) is 7.00. The molecular weight excluding hydrogens is 239 g/mol. The van der Waals surface area contributed by atoms with Crippen LogP contribution in [0.25, 0.3) is 0 Å². The first-order valence-corrected chi connectivity index (χ1v) is 7.00. The molecule has 1 aromatic carbocycles. The Bertz CT molecular complexity index is 451. The molecule has 1 aromatic rings. The molecule has 0 bridgehead atoms. The summed E-state index contributed by atoms with van der Waals surface area (Å²) in [7, 11) is 0. The van der Waals surface area contributed by atoms with Crippen LogP contribution in [0, 0.1) is 29.0 Å². The fraction of sp³-hybridized carbons (Fsp3) is 0.562. The maximum absolute atomic E-state index is 12.9. The molecule has 2 rings (SSSR count). The van der Waals surface area contributed by atoms with Gasteiger partial charge in [0.15, 0.2) is 0 Å². The summed E-state index contributed by atoms with van der Waals surface area (Å²) in [5, 5.41) is 12.8. The summed E-state index contributed by atoms with van der Waals surface area (Å²) in [6, 6.07) is 8.68. The average molecular weight is 260 g/mol. The quantitative estimate of drug-likeness (QED) is 0.877. The summed E-state index contributed by atoms with van der Waals surface area (Å²) >= 11 is 0. The third-order valence-electron chi connectivity index (χ3n) is 4.27. The van der Waals surface area contributed by atoms with Crippen LogP contribution in [0.1, 0.15) is 39.5 Å². The molecule has 0 aliphatic heterocycles. The highest BCUT2D eigenvalue weighted by molar-refractivity contribution is 5.47. The van der Waals surface area contributed by atoms with E-state index >= 15 is 0 Å². The number of nitrogens with one attached hydrogen (secondary N) is 1. The lowest BCUT2D eigenvalue weighted by molar-refractivity contribution is 0.239. The SMILES string of the molecule is CC(C)C1CCC(C#N)(Nc2ccc(F)cc2)CC1. The predicted octanol–water partition coefficient (Wildman–Crippen LogP) is 4.35. The summed E-state index contributed by atoms with van der Waals surface area (Å²) in [6.45, 7) is 4.49. The molecule has 1 aliphatic rings. The molecule has 0 heterocycles. The summed E-state index contributed by atoms with van der Waals surface area (Å²) < 4.78 is 12.9. The van der Waals surface area contributed by atoms with Crippen LogP contribution in [-0.2, 0) is 0 Å². The van der Waals surface area contributed by atoms with Crippen LogP contribution in [0.2, 0.25) is 0 Å². The zero-order chi connectivity index (χ0) is 13.9. The Kier molecular flexibility index (Phi) is 4.09. The number of anilines is 1. The number of benzene rings is 1. The standard InChI is InChI=1S/C16H21FN2/c1-12(2)13-7-9-16(11-18,10-8-13)19-15-5-3-14(17)4-6-15/h3-6,12-13,19H,7-10H2,1-2H3. The molecule has 2 nitrogen and oxygen atoms in total. The van der Waals surface area contributed by atoms with Crippen molar-refractivity contribution in [2.45, 2.75) is 45.1 Å². The second-order valence-corrected chi connectivity index (χ2v) is 5.91. The second-order valence-electron chi connectivity index (χ2n) is 5.91. The Morgan fingerprint density at radius 2 is 1.84 bits per heavy atom. The van der Waals surface area contributed by atoms with Crippen molar-refractivity contribution in [1.29, 1.82) is 5.26 Å². The highest BCUT2D eigenvalue weighted by atomic mass is 19.1. The lowest BCUT2D eigenvalue weighted by Gasteiger charge is -2.37. The second kappa shape index (κ2) is 5.61. The zero-order valence-electron chi connectivity index (χ0n) is 11.6. The van der Waals surface area contributed by atoms with Crippen molar-refractivity contribution in [3.05, 3.63) is 30.1 Å². The Hall–Kier alpha value is -1.56. The van der Waals surface area contributed by atoms with Crippen LogP contribution < -0.4 is 5.32 Å². The third kappa shape index (κ3) is 3.26. The van der Waals surface area contributed by atoms with Crippen LogP contribution in [0.4, 0.5) is 10.1 Å². The monoisotopic (exact) mass is 260 g/mol. The minimum atomic E-state index is -0.483. The molecule has 1 saturated carbocycles. The number of nitriles is 1. The van der Waals surface area contributed by atoms with Crippen LogP contribution in [-0.4, -0.2) is 5.54 Å². The molecule has 0 atom stereocenters. The number of hydrogen-bond acceptors (Lipinski definition) is 2. The van der Waals surface area contributed by atoms with Gasteiger partial charge in [-0.15, -0.1) is 0 Å². The molecule has 1 fully saturated rings. The van der Waals surface area contributed by atoms with Gasteiger partial charge in [-0.3, -0.25) is 0 Å². The molecule has 0 amide bonds. The van der Waals surface area contributed by atoms with E-state index < -0.39 is 5.54 Å². The van der Waals surface area contributed by atoms with Crippen LogP contribution >= 0.6 is 0 Å². The summed E-state index contributed by atoms with van der Waals surface area (Å²) in [6.07, 6.45) is 3.90. The number of hydrogen-bond donors (Lipinski definition) is 1. The minimum Gasteiger partial charge on any atom is -0.367 e. The van der Waals surface area contributed by atoms with Gasteiger partial charge in [-0.2, -0.15) is 5.26 Å². The van der Waals surface area contributed by atoms with Gasteiger partial charge < -0.3 is 5.32 Å². The molecule has 102 valence electrons. The molecule has 0 unspecified atom stereocenters. The fourth-order valence-electron chi connectivity index (χ4n) is 2.87. The Morgan fingerprint density at radius 3 is 2.32 bits per heavy atom. The van der Waals surface area contributed by atoms with Gasteiger partial charge in [0.25, 0.3) is 0 Å². The number of nitrogens with zero attached hydrogens (tertiary/aromatic N) is 1. The zero-order valence-corrected chi connectivity index (χ0v) is 11.6. The molecule has 3 heteroatoms. The number of halogens is 1. The molecule has 1 aliphatic carbocycles. The summed E-state index contributed by atoms with van der Waals surface area (Å²) in [5.41, 5.74) is 0.342. The Labute approximate surface area is 114 Å². The fourth-order valence-corrected chi connectivity index (χ4v) is 2.87. The molecule has 19 heavy (non-hydrogen) atoms. The normalized spacial score (nSPS) is 27.0. The van der Waals surface area contributed by atoms with Crippen LogP contribution in [0.3, 0.4) is 0 Å². The highest BCUT2D eigenvalue weighted by Gasteiger charge is 2.36. The Morgan fingerprint density at radius 1 is 1.26 bits per heavy atom.